The molecule has 2 fully saturated rings. The summed E-state index contributed by atoms with van der Waals surface area (Å²) in [4.78, 5) is 48.5. The van der Waals surface area contributed by atoms with Crippen LogP contribution >= 0.6 is 11.3 Å². The number of carboxylic acids is 1. The first-order chi connectivity index (χ1) is 24.3. The van der Waals surface area contributed by atoms with Gasteiger partial charge in [0.05, 0.1) is 12.1 Å². The van der Waals surface area contributed by atoms with Crippen molar-refractivity contribution in [2.24, 2.45) is 10.9 Å². The number of nitrogens with zero attached hydrogens (tertiary/aromatic N) is 3. The van der Waals surface area contributed by atoms with Crippen LogP contribution in [0.5, 0.6) is 5.75 Å². The third kappa shape index (κ3) is 8.13. The van der Waals surface area contributed by atoms with Gasteiger partial charge in [-0.05, 0) is 83.1 Å². The lowest BCUT2D eigenvalue weighted by Gasteiger charge is -2.50. The number of anilines is 1. The standard InChI is InChI=1S/C31H42N8O11S2/c1-29(2)23(26(41)39(29)50-52(44,45)46)37-25(40)22(19-14-51-28(33)36-19)38-49-30(3,27(42)43)21-8-6-16-13-17(5-7-20(16)48-21)24(32)35-18-9-11-31(34,12-10-18)15-47-4/h5,7,13-14,18,21,23H,6,8-12,15,34H2,1-4H3,(H2,32,35)(H2,33,36)(H,37,40)(H,42,43)(H,44,45,46)/b38-22-/t18?,21-,23-,30+,31?/m1/s1. The number of thiazole rings is 1. The Kier molecular flexibility index (Phi) is 10.9. The van der Waals surface area contributed by atoms with Gasteiger partial charge in [0.2, 0.25) is 0 Å². The molecular weight excluding hydrogens is 725 g/mol. The van der Waals surface area contributed by atoms with Gasteiger partial charge < -0.3 is 41.5 Å². The number of rotatable bonds is 13. The summed E-state index contributed by atoms with van der Waals surface area (Å²) >= 11 is 0.960. The number of β-lactam (4-membered cyclic amide) rings is 1. The number of oxime groups is 1. The van der Waals surface area contributed by atoms with Crippen LogP contribution in [0.1, 0.15) is 69.7 Å². The number of aryl methyl sites for hydroxylation is 1. The van der Waals surface area contributed by atoms with Gasteiger partial charge in [0, 0.05) is 29.6 Å². The minimum atomic E-state index is -5.04. The summed E-state index contributed by atoms with van der Waals surface area (Å²) in [6.45, 7) is 4.46. The van der Waals surface area contributed by atoms with E-state index in [0.29, 0.717) is 29.4 Å². The van der Waals surface area contributed by atoms with Crippen molar-refractivity contribution in [3.63, 3.8) is 0 Å². The van der Waals surface area contributed by atoms with Crippen molar-refractivity contribution >= 4 is 56.2 Å². The molecule has 1 saturated heterocycles. The first kappa shape index (κ1) is 38.8. The molecule has 0 bridgehead atoms. The van der Waals surface area contributed by atoms with E-state index in [1.807, 2.05) is 6.07 Å². The number of aliphatic carboxylic acids is 1. The Balaban J connectivity index is 1.29. The molecule has 19 nitrogen and oxygen atoms in total. The van der Waals surface area contributed by atoms with E-state index in [9.17, 15) is 27.9 Å². The second kappa shape index (κ2) is 14.5. The second-order valence-electron chi connectivity index (χ2n) is 13.8. The Morgan fingerprint density at radius 1 is 1.25 bits per heavy atom. The number of benzene rings is 1. The van der Waals surface area contributed by atoms with E-state index in [1.165, 1.54) is 26.2 Å². The van der Waals surface area contributed by atoms with E-state index in [0.717, 1.165) is 42.6 Å². The van der Waals surface area contributed by atoms with E-state index in [-0.39, 0.29) is 34.7 Å². The molecule has 3 atom stereocenters. The number of ether oxygens (including phenoxy) is 2. The zero-order valence-electron chi connectivity index (χ0n) is 28.9. The molecule has 1 aromatic carbocycles. The maximum atomic E-state index is 13.5. The number of carboxylic acid groups (broad SMARTS) is 1. The van der Waals surface area contributed by atoms with E-state index in [1.54, 1.807) is 19.2 Å². The van der Waals surface area contributed by atoms with Crippen molar-refractivity contribution < 1.29 is 51.1 Å². The fourth-order valence-electron chi connectivity index (χ4n) is 6.38. The summed E-state index contributed by atoms with van der Waals surface area (Å²) in [5, 5.41) is 30.4. The first-order valence-corrected chi connectivity index (χ1v) is 18.5. The van der Waals surface area contributed by atoms with Crippen molar-refractivity contribution in [1.82, 2.24) is 20.7 Å². The number of amidine groups is 1. The molecule has 5 rings (SSSR count). The monoisotopic (exact) mass is 766 g/mol. The molecule has 2 aliphatic heterocycles. The van der Waals surface area contributed by atoms with Gasteiger partial charge in [0.25, 0.3) is 17.4 Å². The molecule has 284 valence electrons. The van der Waals surface area contributed by atoms with Gasteiger partial charge in [-0.15, -0.1) is 15.6 Å². The van der Waals surface area contributed by atoms with E-state index < -0.39 is 57.2 Å². The van der Waals surface area contributed by atoms with Gasteiger partial charge in [-0.1, -0.05) is 5.16 Å². The number of amides is 2. The van der Waals surface area contributed by atoms with Crippen LogP contribution in [0.2, 0.25) is 0 Å². The van der Waals surface area contributed by atoms with Crippen LogP contribution in [0.15, 0.2) is 28.7 Å². The molecule has 1 saturated carbocycles. The number of hydroxylamine groups is 2. The number of carbonyl (C=O) groups excluding carboxylic acids is 2. The highest BCUT2D eigenvalue weighted by molar-refractivity contribution is 7.80. The smallest absolute Gasteiger partial charge is 0.418 e. The minimum absolute atomic E-state index is 0.0533. The zero-order valence-corrected chi connectivity index (χ0v) is 30.5. The molecule has 0 spiro atoms. The molecule has 2 aromatic rings. The zero-order chi connectivity index (χ0) is 38.2. The molecule has 52 heavy (non-hydrogen) atoms. The highest BCUT2D eigenvalue weighted by Gasteiger charge is 2.58. The van der Waals surface area contributed by atoms with Gasteiger partial charge in [-0.25, -0.2) is 9.78 Å². The second-order valence-corrected chi connectivity index (χ2v) is 15.7. The van der Waals surface area contributed by atoms with Crippen LogP contribution in [0.25, 0.3) is 0 Å². The fraction of sp³-hybridized carbons (Fsp3) is 0.548. The lowest BCUT2D eigenvalue weighted by atomic mass is 9.80. The van der Waals surface area contributed by atoms with Crippen molar-refractivity contribution in [3.05, 3.63) is 40.4 Å². The number of fused-ring (bicyclic) bond motifs is 1. The molecule has 0 radical (unpaired) electrons. The van der Waals surface area contributed by atoms with Crippen LogP contribution in [0.4, 0.5) is 5.13 Å². The maximum absolute atomic E-state index is 13.5. The maximum Gasteiger partial charge on any atom is 0.418 e. The quantitative estimate of drug-likeness (QED) is 0.0486. The Bertz CT molecular complexity index is 1880. The fourth-order valence-corrected chi connectivity index (χ4v) is 7.39. The summed E-state index contributed by atoms with van der Waals surface area (Å²) in [7, 11) is -3.40. The molecule has 0 unspecified atom stereocenters. The summed E-state index contributed by atoms with van der Waals surface area (Å²) < 4.78 is 47.1. The van der Waals surface area contributed by atoms with Gasteiger partial charge in [-0.2, -0.15) is 13.5 Å². The predicted octanol–water partition coefficient (Wildman–Crippen LogP) is 0.725. The highest BCUT2D eigenvalue weighted by Crippen LogP contribution is 2.36. The first-order valence-electron chi connectivity index (χ1n) is 16.2. The lowest BCUT2D eigenvalue weighted by molar-refractivity contribution is -0.218. The molecule has 9 N–H and O–H groups in total. The van der Waals surface area contributed by atoms with Crippen molar-refractivity contribution in [1.29, 1.82) is 5.41 Å². The van der Waals surface area contributed by atoms with Crippen LogP contribution in [0, 0.1) is 5.41 Å². The number of methoxy groups -OCH3 is 1. The lowest BCUT2D eigenvalue weighted by Crippen LogP contribution is -2.76. The summed E-state index contributed by atoms with van der Waals surface area (Å²) in [6.07, 6.45) is 2.62. The summed E-state index contributed by atoms with van der Waals surface area (Å²) in [5.74, 6) is -2.83. The molecule has 1 aliphatic carbocycles. The average molecular weight is 767 g/mol. The number of carbonyl (C=O) groups is 3. The minimum Gasteiger partial charge on any atom is -0.485 e. The van der Waals surface area contributed by atoms with E-state index >= 15 is 0 Å². The number of hydrogen-bond acceptors (Lipinski definition) is 15. The summed E-state index contributed by atoms with van der Waals surface area (Å²) in [6, 6.07) is 3.93. The number of nitrogens with two attached hydrogens (primary N) is 2. The SMILES string of the molecule is COCC1(N)CCC(NC(=N)c2ccc3c(c2)CC[C@H]([C@](C)(O/N=C(\C(=O)N[C@@H]2C(=O)N(OS(=O)(=O)O)C2(C)C)c2csc(N)n2)C(=O)O)O3)CC1. The normalized spacial score (nSPS) is 25.5. The largest absolute Gasteiger partial charge is 0.485 e. The molecule has 3 heterocycles. The van der Waals surface area contributed by atoms with Crippen LogP contribution in [0.3, 0.4) is 0 Å². The predicted molar refractivity (Wildman–Crippen MR) is 186 cm³/mol. The average Bonchev–Trinajstić information content (AvgIpc) is 3.51. The van der Waals surface area contributed by atoms with Gasteiger partial charge >= 0.3 is 16.4 Å². The molecule has 3 aliphatic rings. The molecular formula is C31H42N8O11S2. The van der Waals surface area contributed by atoms with Crippen molar-refractivity contribution in [3.8, 4) is 5.75 Å². The number of aromatic nitrogens is 1. The van der Waals surface area contributed by atoms with Crippen LogP contribution in [-0.4, -0.2) is 106 Å². The number of nitrogen functional groups attached to an aromatic ring is 1. The van der Waals surface area contributed by atoms with Crippen molar-refractivity contribution in [2.75, 3.05) is 19.5 Å². The van der Waals surface area contributed by atoms with E-state index in [2.05, 4.69) is 25.1 Å². The van der Waals surface area contributed by atoms with Crippen LogP contribution < -0.4 is 26.8 Å². The highest BCUT2D eigenvalue weighted by atomic mass is 32.3. The molecule has 1 aromatic heterocycles. The third-order valence-electron chi connectivity index (χ3n) is 9.52. The van der Waals surface area contributed by atoms with Crippen molar-refractivity contribution in [2.45, 2.75) is 94.2 Å². The summed E-state index contributed by atoms with van der Waals surface area (Å²) in [5.41, 5.74) is 9.02. The van der Waals surface area contributed by atoms with Gasteiger partial charge in [0.1, 0.15) is 23.3 Å². The van der Waals surface area contributed by atoms with Gasteiger partial charge in [-0.3, -0.25) is 19.6 Å². The Labute approximate surface area is 303 Å². The van der Waals surface area contributed by atoms with Crippen LogP contribution in [-0.2, 0) is 45.1 Å². The third-order valence-corrected chi connectivity index (χ3v) is 10.5. The Morgan fingerprint density at radius 2 is 1.94 bits per heavy atom. The number of nitrogens with one attached hydrogen (secondary N) is 3. The number of hydrogen-bond donors (Lipinski definition) is 7. The molecule has 21 heteroatoms. The Morgan fingerprint density at radius 3 is 2.52 bits per heavy atom. The Hall–Kier alpha value is -4.41. The molecule has 2 amide bonds. The van der Waals surface area contributed by atoms with Gasteiger partial charge in [0.15, 0.2) is 16.9 Å². The van der Waals surface area contributed by atoms with E-state index in [4.69, 9.17) is 35.7 Å². The topological polar surface area (TPSA) is 291 Å².